The molecule has 2 rings (SSSR count). The second kappa shape index (κ2) is 6.39. The molecule has 1 aliphatic heterocycles. The average molecular weight is 403 g/mol. The standard InChI is InChI=1S/C15H17Br2NO2/c1-2-12-9-15(16,17)13(19)8-14(20)18(12)10-11-6-4-3-5-7-11/h3-7,12H,2,8-10H2,1H3. The number of alkyl halides is 2. The maximum absolute atomic E-state index is 12.3. The van der Waals surface area contributed by atoms with E-state index in [2.05, 4.69) is 31.9 Å². The third-order valence-electron chi connectivity index (χ3n) is 3.64. The molecule has 1 aliphatic rings. The van der Waals surface area contributed by atoms with Gasteiger partial charge in [-0.05, 0) is 12.0 Å². The first-order chi connectivity index (χ1) is 9.44. The van der Waals surface area contributed by atoms with Crippen molar-refractivity contribution < 1.29 is 9.59 Å². The summed E-state index contributed by atoms with van der Waals surface area (Å²) in [6.45, 7) is 2.60. The van der Waals surface area contributed by atoms with E-state index in [0.29, 0.717) is 13.0 Å². The van der Waals surface area contributed by atoms with Crippen molar-refractivity contribution in [3.63, 3.8) is 0 Å². The zero-order valence-corrected chi connectivity index (χ0v) is 14.5. The molecule has 1 amide bonds. The molecule has 108 valence electrons. The molecule has 1 fully saturated rings. The fourth-order valence-corrected chi connectivity index (χ4v) is 3.48. The predicted molar refractivity (Wildman–Crippen MR) is 85.9 cm³/mol. The van der Waals surface area contributed by atoms with Crippen LogP contribution in [0.2, 0.25) is 0 Å². The van der Waals surface area contributed by atoms with Crippen molar-refractivity contribution >= 4 is 43.6 Å². The molecule has 0 radical (unpaired) electrons. The minimum absolute atomic E-state index is 0.0490. The molecule has 0 aromatic heterocycles. The van der Waals surface area contributed by atoms with Gasteiger partial charge in [-0.3, -0.25) is 9.59 Å². The van der Waals surface area contributed by atoms with Gasteiger partial charge in [-0.1, -0.05) is 69.1 Å². The van der Waals surface area contributed by atoms with E-state index in [4.69, 9.17) is 0 Å². The monoisotopic (exact) mass is 401 g/mol. The summed E-state index contributed by atoms with van der Waals surface area (Å²) in [5.41, 5.74) is 1.09. The number of nitrogens with zero attached hydrogens (tertiary/aromatic N) is 1. The maximum Gasteiger partial charge on any atom is 0.230 e. The van der Waals surface area contributed by atoms with E-state index in [1.165, 1.54) is 0 Å². The Kier molecular flexibility index (Phi) is 5.02. The second-order valence-electron chi connectivity index (χ2n) is 5.08. The van der Waals surface area contributed by atoms with Crippen LogP contribution in [0.15, 0.2) is 30.3 Å². The molecule has 5 heteroatoms. The van der Waals surface area contributed by atoms with Crippen molar-refractivity contribution in [3.8, 4) is 0 Å². The summed E-state index contributed by atoms with van der Waals surface area (Å²) in [5, 5.41) is 0. The van der Waals surface area contributed by atoms with Crippen LogP contribution in [0.5, 0.6) is 0 Å². The third-order valence-corrected chi connectivity index (χ3v) is 5.17. The topological polar surface area (TPSA) is 37.4 Å². The Morgan fingerprint density at radius 2 is 1.90 bits per heavy atom. The number of likely N-dealkylation sites (tertiary alicyclic amines) is 1. The van der Waals surface area contributed by atoms with Crippen molar-refractivity contribution in [2.24, 2.45) is 0 Å². The predicted octanol–water partition coefficient (Wildman–Crippen LogP) is 3.64. The Balaban J connectivity index is 2.25. The van der Waals surface area contributed by atoms with E-state index >= 15 is 0 Å². The van der Waals surface area contributed by atoms with Gasteiger partial charge in [-0.2, -0.15) is 0 Å². The van der Waals surface area contributed by atoms with Crippen molar-refractivity contribution in [1.29, 1.82) is 0 Å². The first kappa shape index (κ1) is 15.7. The molecular formula is C15H17Br2NO2. The molecule has 0 spiro atoms. The summed E-state index contributed by atoms with van der Waals surface area (Å²) >= 11 is 6.84. The van der Waals surface area contributed by atoms with E-state index in [9.17, 15) is 9.59 Å². The van der Waals surface area contributed by atoms with Gasteiger partial charge in [0.1, 0.15) is 3.23 Å². The Hall–Kier alpha value is -0.680. The summed E-state index contributed by atoms with van der Waals surface area (Å²) in [5.74, 6) is -0.192. The highest BCUT2D eigenvalue weighted by molar-refractivity contribution is 9.25. The summed E-state index contributed by atoms with van der Waals surface area (Å²) < 4.78 is -0.776. The lowest BCUT2D eigenvalue weighted by Crippen LogP contribution is -2.39. The molecule has 1 heterocycles. The minimum atomic E-state index is -0.776. The molecule has 0 N–H and O–H groups in total. The lowest BCUT2D eigenvalue weighted by molar-refractivity contribution is -0.136. The van der Waals surface area contributed by atoms with E-state index in [1.54, 1.807) is 0 Å². The maximum atomic E-state index is 12.3. The lowest BCUT2D eigenvalue weighted by Gasteiger charge is -2.31. The molecule has 20 heavy (non-hydrogen) atoms. The highest BCUT2D eigenvalue weighted by atomic mass is 79.9. The van der Waals surface area contributed by atoms with Gasteiger partial charge < -0.3 is 4.90 Å². The van der Waals surface area contributed by atoms with Crippen molar-refractivity contribution in [3.05, 3.63) is 35.9 Å². The van der Waals surface area contributed by atoms with E-state index in [0.717, 1.165) is 12.0 Å². The number of benzene rings is 1. The van der Waals surface area contributed by atoms with Crippen LogP contribution < -0.4 is 0 Å². The Labute approximate surface area is 136 Å². The number of Topliss-reactive ketones (excluding diaryl/α,β-unsaturated/α-hetero) is 1. The number of hydrogen-bond acceptors (Lipinski definition) is 2. The highest BCUT2D eigenvalue weighted by Gasteiger charge is 2.42. The molecule has 1 saturated heterocycles. The quantitative estimate of drug-likeness (QED) is 0.571. The van der Waals surface area contributed by atoms with Crippen LogP contribution >= 0.6 is 31.9 Å². The first-order valence-electron chi connectivity index (χ1n) is 6.68. The molecular weight excluding hydrogens is 386 g/mol. The average Bonchev–Trinajstić information content (AvgIpc) is 2.50. The normalized spacial score (nSPS) is 22.8. The van der Waals surface area contributed by atoms with Gasteiger partial charge >= 0.3 is 0 Å². The van der Waals surface area contributed by atoms with Gasteiger partial charge in [0.2, 0.25) is 5.91 Å². The van der Waals surface area contributed by atoms with Crippen LogP contribution in [-0.4, -0.2) is 25.9 Å². The van der Waals surface area contributed by atoms with Gasteiger partial charge in [0, 0.05) is 19.0 Å². The van der Waals surface area contributed by atoms with Crippen molar-refractivity contribution in [2.45, 2.75) is 42.0 Å². The lowest BCUT2D eigenvalue weighted by atomic mass is 10.1. The van der Waals surface area contributed by atoms with Crippen molar-refractivity contribution in [2.75, 3.05) is 0 Å². The number of carbonyl (C=O) groups is 2. The van der Waals surface area contributed by atoms with Gasteiger partial charge in [0.25, 0.3) is 0 Å². The molecule has 0 aliphatic carbocycles. The number of carbonyl (C=O) groups excluding carboxylic acids is 2. The minimum Gasteiger partial charge on any atom is -0.335 e. The molecule has 1 aromatic carbocycles. The molecule has 0 saturated carbocycles. The number of amides is 1. The molecule has 0 bridgehead atoms. The van der Waals surface area contributed by atoms with E-state index in [-0.39, 0.29) is 24.2 Å². The van der Waals surface area contributed by atoms with E-state index < -0.39 is 3.23 Å². The van der Waals surface area contributed by atoms with Crippen molar-refractivity contribution in [1.82, 2.24) is 4.90 Å². The van der Waals surface area contributed by atoms with Crippen LogP contribution in [0.4, 0.5) is 0 Å². The highest BCUT2D eigenvalue weighted by Crippen LogP contribution is 2.38. The zero-order valence-electron chi connectivity index (χ0n) is 11.3. The van der Waals surface area contributed by atoms with Crippen LogP contribution in [0, 0.1) is 0 Å². The Bertz CT molecular complexity index is 502. The first-order valence-corrected chi connectivity index (χ1v) is 8.27. The summed E-state index contributed by atoms with van der Waals surface area (Å²) in [7, 11) is 0. The summed E-state index contributed by atoms with van der Waals surface area (Å²) in [4.78, 5) is 26.2. The fraction of sp³-hybridized carbons (Fsp3) is 0.467. The van der Waals surface area contributed by atoms with Crippen LogP contribution in [0.1, 0.15) is 31.7 Å². The molecule has 1 aromatic rings. The van der Waals surface area contributed by atoms with Gasteiger partial charge in [-0.25, -0.2) is 0 Å². The number of rotatable bonds is 3. The molecule has 3 nitrogen and oxygen atoms in total. The second-order valence-corrected chi connectivity index (χ2v) is 8.85. The molecule has 1 unspecified atom stereocenters. The van der Waals surface area contributed by atoms with Gasteiger partial charge in [-0.15, -0.1) is 0 Å². The fourth-order valence-electron chi connectivity index (χ4n) is 2.45. The SMILES string of the molecule is CCC1CC(Br)(Br)C(=O)CC(=O)N1Cc1ccccc1. The van der Waals surface area contributed by atoms with Crippen LogP contribution in [0.3, 0.4) is 0 Å². The van der Waals surface area contributed by atoms with Gasteiger partial charge in [0.15, 0.2) is 5.78 Å². The van der Waals surface area contributed by atoms with Crippen LogP contribution in [0.25, 0.3) is 0 Å². The zero-order chi connectivity index (χ0) is 14.8. The number of hydrogen-bond donors (Lipinski definition) is 0. The summed E-state index contributed by atoms with van der Waals surface area (Å²) in [6.07, 6.45) is 1.35. The Morgan fingerprint density at radius 3 is 2.50 bits per heavy atom. The summed E-state index contributed by atoms with van der Waals surface area (Å²) in [6, 6.07) is 9.93. The smallest absolute Gasteiger partial charge is 0.230 e. The Morgan fingerprint density at radius 1 is 1.25 bits per heavy atom. The van der Waals surface area contributed by atoms with E-state index in [1.807, 2.05) is 42.2 Å². The molecule has 1 atom stereocenters. The largest absolute Gasteiger partial charge is 0.335 e. The van der Waals surface area contributed by atoms with Crippen LogP contribution in [-0.2, 0) is 16.1 Å². The number of ketones is 1. The number of halogens is 2. The third kappa shape index (κ3) is 3.50. The van der Waals surface area contributed by atoms with Gasteiger partial charge in [0.05, 0.1) is 6.42 Å².